The molecule has 0 saturated heterocycles. The van der Waals surface area contributed by atoms with E-state index in [1.54, 1.807) is 13.0 Å². The number of nitrogens with zero attached hydrogens (tertiary/aromatic N) is 3. The molecule has 2 aromatic heterocycles. The number of esters is 1. The molecule has 0 aliphatic rings. The highest BCUT2D eigenvalue weighted by Crippen LogP contribution is 2.30. The Morgan fingerprint density at radius 1 is 1.19 bits per heavy atom. The van der Waals surface area contributed by atoms with Crippen LogP contribution in [0.4, 0.5) is 5.00 Å². The highest BCUT2D eigenvalue weighted by atomic mass is 35.5. The molecule has 1 amide bonds. The number of amides is 1. The summed E-state index contributed by atoms with van der Waals surface area (Å²) in [5, 5.41) is 13.4. The van der Waals surface area contributed by atoms with Gasteiger partial charge in [-0.2, -0.15) is 0 Å². The molecule has 11 heteroatoms. The molecule has 1 N–H and O–H groups in total. The van der Waals surface area contributed by atoms with E-state index in [9.17, 15) is 9.59 Å². The summed E-state index contributed by atoms with van der Waals surface area (Å²) in [5.74, 6) is 1.18. The molecule has 0 spiro atoms. The number of aryl methyl sites for hydroxylation is 3. The summed E-state index contributed by atoms with van der Waals surface area (Å²) in [5.41, 5.74) is 1.39. The standard InChI is InChI=1S/C25H31ClN4O4S2/c1-5-18-14-19(24(32)33-7-3)23(36-18)27-22(31)15-35-25-29-28-21(30(25)6-2)9-8-12-34-20-11-10-17(26)13-16(20)4/h10-11,13-14H,5-9,12,15H2,1-4H3,(H,27,31). The van der Waals surface area contributed by atoms with Crippen molar-refractivity contribution in [2.75, 3.05) is 24.3 Å². The first-order valence-corrected chi connectivity index (χ1v) is 14.1. The van der Waals surface area contributed by atoms with E-state index in [-0.39, 0.29) is 18.3 Å². The number of aromatic nitrogens is 3. The van der Waals surface area contributed by atoms with Crippen molar-refractivity contribution in [3.63, 3.8) is 0 Å². The van der Waals surface area contributed by atoms with Crippen LogP contribution in [-0.2, 0) is 28.9 Å². The van der Waals surface area contributed by atoms with Gasteiger partial charge in [0.25, 0.3) is 0 Å². The fourth-order valence-electron chi connectivity index (χ4n) is 3.48. The fourth-order valence-corrected chi connectivity index (χ4v) is 5.53. The van der Waals surface area contributed by atoms with Gasteiger partial charge in [0.2, 0.25) is 5.91 Å². The summed E-state index contributed by atoms with van der Waals surface area (Å²) in [6.45, 7) is 9.27. The van der Waals surface area contributed by atoms with Crippen LogP contribution in [0.5, 0.6) is 5.75 Å². The molecule has 0 aliphatic carbocycles. The van der Waals surface area contributed by atoms with E-state index in [0.717, 1.165) is 34.9 Å². The number of halogens is 1. The number of rotatable bonds is 13. The quantitative estimate of drug-likeness (QED) is 0.163. The SMILES string of the molecule is CCOC(=O)c1cc(CC)sc1NC(=O)CSc1nnc(CCCOc2ccc(Cl)cc2C)n1CC. The van der Waals surface area contributed by atoms with Crippen LogP contribution in [0, 0.1) is 6.92 Å². The molecular formula is C25H31ClN4O4S2. The Bertz CT molecular complexity index is 1190. The van der Waals surface area contributed by atoms with Gasteiger partial charge >= 0.3 is 5.97 Å². The van der Waals surface area contributed by atoms with E-state index in [2.05, 4.69) is 15.5 Å². The van der Waals surface area contributed by atoms with Gasteiger partial charge in [0.15, 0.2) is 5.16 Å². The maximum Gasteiger partial charge on any atom is 0.341 e. The first-order valence-electron chi connectivity index (χ1n) is 11.9. The van der Waals surface area contributed by atoms with E-state index in [1.165, 1.54) is 23.1 Å². The first-order chi connectivity index (χ1) is 17.4. The van der Waals surface area contributed by atoms with Crippen LogP contribution in [0.2, 0.25) is 5.02 Å². The maximum atomic E-state index is 12.7. The van der Waals surface area contributed by atoms with Gasteiger partial charge in [-0.25, -0.2) is 4.79 Å². The lowest BCUT2D eigenvalue weighted by atomic mass is 10.2. The van der Waals surface area contributed by atoms with Crippen molar-refractivity contribution >= 4 is 51.6 Å². The summed E-state index contributed by atoms with van der Waals surface area (Å²) in [4.78, 5) is 25.9. The van der Waals surface area contributed by atoms with E-state index in [0.29, 0.717) is 40.3 Å². The van der Waals surface area contributed by atoms with Gasteiger partial charge in [0.05, 0.1) is 24.5 Å². The molecular weight excluding hydrogens is 520 g/mol. The zero-order valence-corrected chi connectivity index (χ0v) is 23.3. The van der Waals surface area contributed by atoms with Crippen molar-refractivity contribution in [2.24, 2.45) is 0 Å². The minimum atomic E-state index is -0.429. The summed E-state index contributed by atoms with van der Waals surface area (Å²) in [7, 11) is 0. The third kappa shape index (κ3) is 7.47. The molecule has 0 bridgehead atoms. The highest BCUT2D eigenvalue weighted by molar-refractivity contribution is 7.99. The van der Waals surface area contributed by atoms with Crippen molar-refractivity contribution in [1.29, 1.82) is 0 Å². The lowest BCUT2D eigenvalue weighted by Gasteiger charge is -2.10. The zero-order chi connectivity index (χ0) is 26.1. The third-order valence-electron chi connectivity index (χ3n) is 5.26. The Balaban J connectivity index is 1.53. The molecule has 0 aliphatic heterocycles. The maximum absolute atomic E-state index is 12.7. The smallest absolute Gasteiger partial charge is 0.341 e. The fraction of sp³-hybridized carbons (Fsp3) is 0.440. The largest absolute Gasteiger partial charge is 0.493 e. The average molecular weight is 551 g/mol. The van der Waals surface area contributed by atoms with Crippen LogP contribution in [-0.4, -0.2) is 45.6 Å². The van der Waals surface area contributed by atoms with Gasteiger partial charge in [0, 0.05) is 22.9 Å². The van der Waals surface area contributed by atoms with Gasteiger partial charge in [-0.1, -0.05) is 30.3 Å². The molecule has 0 unspecified atom stereocenters. The number of anilines is 1. The number of ether oxygens (including phenoxy) is 2. The minimum Gasteiger partial charge on any atom is -0.493 e. The molecule has 8 nitrogen and oxygen atoms in total. The van der Waals surface area contributed by atoms with Crippen molar-refractivity contribution in [2.45, 2.75) is 58.7 Å². The van der Waals surface area contributed by atoms with Crippen molar-refractivity contribution in [1.82, 2.24) is 14.8 Å². The predicted octanol–water partition coefficient (Wildman–Crippen LogP) is 5.80. The third-order valence-corrected chi connectivity index (χ3v) is 7.66. The van der Waals surface area contributed by atoms with Crippen LogP contribution in [0.3, 0.4) is 0 Å². The molecule has 0 fully saturated rings. The summed E-state index contributed by atoms with van der Waals surface area (Å²) < 4.78 is 13.0. The Labute approximate surface area is 224 Å². The van der Waals surface area contributed by atoms with Crippen LogP contribution < -0.4 is 10.1 Å². The Morgan fingerprint density at radius 2 is 2.00 bits per heavy atom. The number of thioether (sulfide) groups is 1. The normalized spacial score (nSPS) is 10.9. The molecule has 36 heavy (non-hydrogen) atoms. The second-order valence-electron chi connectivity index (χ2n) is 7.87. The summed E-state index contributed by atoms with van der Waals surface area (Å²) in [6.07, 6.45) is 2.26. The van der Waals surface area contributed by atoms with E-state index >= 15 is 0 Å². The number of thiophene rings is 1. The molecule has 0 atom stereocenters. The Morgan fingerprint density at radius 3 is 2.69 bits per heavy atom. The molecule has 3 aromatic rings. The van der Waals surface area contributed by atoms with Crippen molar-refractivity contribution < 1.29 is 19.1 Å². The predicted molar refractivity (Wildman–Crippen MR) is 145 cm³/mol. The van der Waals surface area contributed by atoms with Crippen molar-refractivity contribution in [3.05, 3.63) is 51.1 Å². The van der Waals surface area contributed by atoms with Crippen LogP contribution in [0.15, 0.2) is 29.4 Å². The van der Waals surface area contributed by atoms with Gasteiger partial charge in [0.1, 0.15) is 16.6 Å². The number of nitrogens with one attached hydrogen (secondary N) is 1. The Hall–Kier alpha value is -2.56. The average Bonchev–Trinajstić information content (AvgIpc) is 3.45. The molecule has 2 heterocycles. The second kappa shape index (κ2) is 13.7. The van der Waals surface area contributed by atoms with Gasteiger partial charge in [-0.05, 0) is 63.4 Å². The van der Waals surface area contributed by atoms with Gasteiger partial charge in [-0.3, -0.25) is 4.79 Å². The number of hydrogen-bond donors (Lipinski definition) is 1. The van der Waals surface area contributed by atoms with Crippen LogP contribution >= 0.6 is 34.7 Å². The molecule has 0 radical (unpaired) electrons. The van der Waals surface area contributed by atoms with Crippen LogP contribution in [0.1, 0.15) is 53.8 Å². The summed E-state index contributed by atoms with van der Waals surface area (Å²) in [6, 6.07) is 7.35. The highest BCUT2D eigenvalue weighted by Gasteiger charge is 2.19. The number of benzene rings is 1. The van der Waals surface area contributed by atoms with E-state index < -0.39 is 5.97 Å². The van der Waals surface area contributed by atoms with Gasteiger partial charge in [-0.15, -0.1) is 21.5 Å². The number of carbonyl (C=O) groups excluding carboxylic acids is 2. The van der Waals surface area contributed by atoms with E-state index in [4.69, 9.17) is 21.1 Å². The van der Waals surface area contributed by atoms with Gasteiger partial charge < -0.3 is 19.4 Å². The summed E-state index contributed by atoms with van der Waals surface area (Å²) >= 11 is 8.71. The lowest BCUT2D eigenvalue weighted by molar-refractivity contribution is -0.113. The second-order valence-corrected chi connectivity index (χ2v) is 10.4. The monoisotopic (exact) mass is 550 g/mol. The van der Waals surface area contributed by atoms with Crippen molar-refractivity contribution in [3.8, 4) is 5.75 Å². The zero-order valence-electron chi connectivity index (χ0n) is 20.9. The molecule has 194 valence electrons. The van der Waals surface area contributed by atoms with Crippen LogP contribution in [0.25, 0.3) is 0 Å². The number of hydrogen-bond acceptors (Lipinski definition) is 8. The Kier molecular flexibility index (Phi) is 10.6. The van der Waals surface area contributed by atoms with E-state index in [1.807, 2.05) is 43.5 Å². The molecule has 3 rings (SSSR count). The number of carbonyl (C=O) groups is 2. The first kappa shape index (κ1) is 28.0. The topological polar surface area (TPSA) is 95.3 Å². The lowest BCUT2D eigenvalue weighted by Crippen LogP contribution is -2.16. The molecule has 1 aromatic carbocycles. The molecule has 0 saturated carbocycles. The minimum absolute atomic E-state index is 0.151.